The molecule has 3 heterocycles. The SMILES string of the molecule is CC1(C)c2ccccc2-c2c(-c3ccc4c5ccccc5n5c4c3-c3ccccc3-c3nc4ccccc4nc3-5)cccc21. The van der Waals surface area contributed by atoms with Crippen molar-refractivity contribution in [3.05, 3.63) is 139 Å². The lowest BCUT2D eigenvalue weighted by atomic mass is 9.81. The van der Waals surface area contributed by atoms with Crippen LogP contribution in [0.3, 0.4) is 0 Å². The average Bonchev–Trinajstić information content (AvgIpc) is 3.48. The maximum absolute atomic E-state index is 5.33. The zero-order chi connectivity index (χ0) is 29.2. The first-order chi connectivity index (χ1) is 21.6. The van der Waals surface area contributed by atoms with Crippen molar-refractivity contribution in [3.63, 3.8) is 0 Å². The first-order valence-electron chi connectivity index (χ1n) is 15.3. The molecule has 10 rings (SSSR count). The van der Waals surface area contributed by atoms with Gasteiger partial charge < -0.3 is 0 Å². The molecule has 6 aromatic carbocycles. The van der Waals surface area contributed by atoms with Gasteiger partial charge in [-0.05, 0) is 57.1 Å². The Morgan fingerprint density at radius 3 is 1.98 bits per heavy atom. The minimum atomic E-state index is -0.0723. The molecule has 0 spiro atoms. The van der Waals surface area contributed by atoms with Crippen LogP contribution >= 0.6 is 0 Å². The van der Waals surface area contributed by atoms with E-state index in [-0.39, 0.29) is 5.41 Å². The molecule has 0 amide bonds. The van der Waals surface area contributed by atoms with E-state index < -0.39 is 0 Å². The molecule has 3 heteroatoms. The highest BCUT2D eigenvalue weighted by Crippen LogP contribution is 2.55. The Morgan fingerprint density at radius 1 is 0.477 bits per heavy atom. The fourth-order valence-electron chi connectivity index (χ4n) is 7.99. The molecule has 3 nitrogen and oxygen atoms in total. The van der Waals surface area contributed by atoms with Crippen molar-refractivity contribution in [1.82, 2.24) is 14.5 Å². The number of aromatic nitrogens is 3. The molecule has 0 radical (unpaired) electrons. The van der Waals surface area contributed by atoms with Crippen LogP contribution in [0.15, 0.2) is 127 Å². The summed E-state index contributed by atoms with van der Waals surface area (Å²) in [4.78, 5) is 10.6. The highest BCUT2D eigenvalue weighted by molar-refractivity contribution is 6.19. The predicted molar refractivity (Wildman–Crippen MR) is 181 cm³/mol. The maximum atomic E-state index is 5.33. The van der Waals surface area contributed by atoms with Crippen LogP contribution in [0.1, 0.15) is 25.0 Å². The van der Waals surface area contributed by atoms with Crippen LogP contribution in [0, 0.1) is 0 Å². The van der Waals surface area contributed by atoms with Crippen molar-refractivity contribution in [1.29, 1.82) is 0 Å². The minimum Gasteiger partial charge on any atom is -0.291 e. The van der Waals surface area contributed by atoms with Gasteiger partial charge in [0.25, 0.3) is 0 Å². The molecule has 206 valence electrons. The monoisotopic (exact) mass is 561 g/mol. The molecular weight excluding hydrogens is 534 g/mol. The second kappa shape index (κ2) is 8.30. The van der Waals surface area contributed by atoms with Crippen molar-refractivity contribution in [2.45, 2.75) is 19.3 Å². The quantitative estimate of drug-likeness (QED) is 0.200. The van der Waals surface area contributed by atoms with Gasteiger partial charge in [0.1, 0.15) is 5.69 Å². The number of nitrogens with zero attached hydrogens (tertiary/aromatic N) is 3. The third-order valence-electron chi connectivity index (χ3n) is 9.95. The van der Waals surface area contributed by atoms with Crippen LogP contribution in [0.2, 0.25) is 0 Å². The summed E-state index contributed by atoms with van der Waals surface area (Å²) in [5.74, 6) is 0.878. The Hall–Kier alpha value is -5.54. The lowest BCUT2D eigenvalue weighted by Gasteiger charge is -2.22. The molecule has 2 aliphatic rings. The van der Waals surface area contributed by atoms with Gasteiger partial charge in [-0.15, -0.1) is 0 Å². The van der Waals surface area contributed by atoms with Crippen molar-refractivity contribution in [2.24, 2.45) is 0 Å². The van der Waals surface area contributed by atoms with Gasteiger partial charge in [0.15, 0.2) is 5.82 Å². The Kier molecular flexibility index (Phi) is 4.52. The van der Waals surface area contributed by atoms with Crippen LogP contribution < -0.4 is 0 Å². The van der Waals surface area contributed by atoms with Gasteiger partial charge in [0.05, 0.1) is 22.1 Å². The summed E-state index contributed by atoms with van der Waals surface area (Å²) in [6, 6.07) is 46.1. The topological polar surface area (TPSA) is 30.7 Å². The van der Waals surface area contributed by atoms with Gasteiger partial charge in [-0.25, -0.2) is 9.97 Å². The van der Waals surface area contributed by atoms with E-state index in [2.05, 4.69) is 134 Å². The van der Waals surface area contributed by atoms with Crippen molar-refractivity contribution in [2.75, 3.05) is 0 Å². The van der Waals surface area contributed by atoms with Gasteiger partial charge in [-0.1, -0.05) is 123 Å². The third kappa shape index (κ3) is 2.91. The molecule has 1 aliphatic heterocycles. The third-order valence-corrected chi connectivity index (χ3v) is 9.95. The Balaban J connectivity index is 1.42. The van der Waals surface area contributed by atoms with E-state index in [0.717, 1.165) is 33.6 Å². The summed E-state index contributed by atoms with van der Waals surface area (Å²) in [6.07, 6.45) is 0. The van der Waals surface area contributed by atoms with Crippen LogP contribution in [-0.2, 0) is 5.41 Å². The van der Waals surface area contributed by atoms with Crippen molar-refractivity contribution in [3.8, 4) is 50.5 Å². The fraction of sp³-hybridized carbons (Fsp3) is 0.0732. The van der Waals surface area contributed by atoms with Gasteiger partial charge in [0.2, 0.25) is 0 Å². The lowest BCUT2D eigenvalue weighted by molar-refractivity contribution is 0.660. The van der Waals surface area contributed by atoms with E-state index in [0.29, 0.717) is 0 Å². The maximum Gasteiger partial charge on any atom is 0.165 e. The van der Waals surface area contributed by atoms with E-state index in [9.17, 15) is 0 Å². The smallest absolute Gasteiger partial charge is 0.165 e. The second-order valence-corrected chi connectivity index (χ2v) is 12.6. The molecule has 8 aromatic rings. The normalized spacial score (nSPS) is 13.9. The summed E-state index contributed by atoms with van der Waals surface area (Å²) in [5, 5.41) is 2.45. The largest absolute Gasteiger partial charge is 0.291 e. The lowest BCUT2D eigenvalue weighted by Crippen LogP contribution is -2.14. The summed E-state index contributed by atoms with van der Waals surface area (Å²) in [7, 11) is 0. The van der Waals surface area contributed by atoms with Crippen LogP contribution in [0.5, 0.6) is 0 Å². The Morgan fingerprint density at radius 2 is 1.11 bits per heavy atom. The molecule has 0 bridgehead atoms. The molecule has 0 unspecified atom stereocenters. The molecule has 0 N–H and O–H groups in total. The summed E-state index contributed by atoms with van der Waals surface area (Å²) < 4.78 is 2.37. The highest BCUT2D eigenvalue weighted by Gasteiger charge is 2.37. The van der Waals surface area contributed by atoms with Crippen LogP contribution in [-0.4, -0.2) is 14.5 Å². The number of rotatable bonds is 1. The zero-order valence-corrected chi connectivity index (χ0v) is 24.5. The van der Waals surface area contributed by atoms with E-state index in [1.165, 1.54) is 60.8 Å². The van der Waals surface area contributed by atoms with E-state index in [1.54, 1.807) is 0 Å². The molecule has 0 fully saturated rings. The molecule has 2 aromatic heterocycles. The van der Waals surface area contributed by atoms with Crippen LogP contribution in [0.25, 0.3) is 83.3 Å². The number of hydrogen-bond donors (Lipinski definition) is 0. The van der Waals surface area contributed by atoms with E-state index >= 15 is 0 Å². The summed E-state index contributed by atoms with van der Waals surface area (Å²) in [6.45, 7) is 4.71. The number of benzene rings is 6. The number of hydrogen-bond acceptors (Lipinski definition) is 2. The standard InChI is InChI=1S/C41H27N3/c1-41(2)31-17-7-5-15-30(31)36-25(16-11-18-32(36)41)27-22-23-29-24-12-6-10-21-35(24)44-39(29)37(27)26-13-3-4-14-28(26)38-40(44)43-34-20-9-8-19-33(34)42-38/h3-23H,1-2H3. The van der Waals surface area contributed by atoms with Gasteiger partial charge in [-0.2, -0.15) is 0 Å². The molecule has 0 saturated carbocycles. The highest BCUT2D eigenvalue weighted by atomic mass is 15.1. The molecule has 44 heavy (non-hydrogen) atoms. The number of para-hydroxylation sites is 3. The summed E-state index contributed by atoms with van der Waals surface area (Å²) in [5.41, 5.74) is 16.4. The molecule has 0 saturated heterocycles. The Labute approximate surface area is 255 Å². The Bertz CT molecular complexity index is 2530. The molecule has 0 atom stereocenters. The fourth-order valence-corrected chi connectivity index (χ4v) is 7.99. The van der Waals surface area contributed by atoms with Crippen molar-refractivity contribution >= 4 is 32.8 Å². The first kappa shape index (κ1) is 24.0. The van der Waals surface area contributed by atoms with Gasteiger partial charge in [0, 0.05) is 27.3 Å². The average molecular weight is 562 g/mol. The number of fused-ring (bicyclic) bond motifs is 12. The van der Waals surface area contributed by atoms with Crippen molar-refractivity contribution < 1.29 is 0 Å². The van der Waals surface area contributed by atoms with Gasteiger partial charge >= 0.3 is 0 Å². The zero-order valence-electron chi connectivity index (χ0n) is 24.5. The van der Waals surface area contributed by atoms with Gasteiger partial charge in [-0.3, -0.25) is 4.57 Å². The minimum absolute atomic E-state index is 0.0723. The van der Waals surface area contributed by atoms with E-state index in [1.807, 2.05) is 12.1 Å². The van der Waals surface area contributed by atoms with E-state index in [4.69, 9.17) is 9.97 Å². The van der Waals surface area contributed by atoms with Crippen LogP contribution in [0.4, 0.5) is 0 Å². The summed E-state index contributed by atoms with van der Waals surface area (Å²) >= 11 is 0. The first-order valence-corrected chi connectivity index (χ1v) is 15.3. The molecular formula is C41H27N3. The second-order valence-electron chi connectivity index (χ2n) is 12.6. The molecule has 1 aliphatic carbocycles. The predicted octanol–water partition coefficient (Wildman–Crippen LogP) is 10.3.